The molecule has 2 aliphatic heterocycles. The van der Waals surface area contributed by atoms with Crippen molar-refractivity contribution in [3.8, 4) is 0 Å². The lowest BCUT2D eigenvalue weighted by atomic mass is 9.79. The molecule has 4 aromatic carbocycles. The van der Waals surface area contributed by atoms with Crippen molar-refractivity contribution in [2.24, 2.45) is 0 Å². The molecule has 0 fully saturated rings. The third-order valence-electron chi connectivity index (χ3n) is 8.62. The van der Waals surface area contributed by atoms with Crippen LogP contribution >= 0.6 is 0 Å². The van der Waals surface area contributed by atoms with Crippen molar-refractivity contribution in [3.63, 3.8) is 0 Å². The van der Waals surface area contributed by atoms with E-state index in [-0.39, 0.29) is 5.41 Å². The van der Waals surface area contributed by atoms with Crippen molar-refractivity contribution in [1.29, 1.82) is 0 Å². The van der Waals surface area contributed by atoms with Gasteiger partial charge in [-0.3, -0.25) is 4.55 Å². The topological polar surface area (TPSA) is 60.6 Å². The molecule has 0 radical (unpaired) electrons. The Kier molecular flexibility index (Phi) is 6.06. The summed E-state index contributed by atoms with van der Waals surface area (Å²) in [5, 5.41) is 4.69. The molecule has 1 N–H and O–H groups in total. The molecule has 0 aliphatic carbocycles. The highest BCUT2D eigenvalue weighted by molar-refractivity contribution is 7.85. The van der Waals surface area contributed by atoms with Crippen LogP contribution in [0.2, 0.25) is 0 Å². The van der Waals surface area contributed by atoms with Crippen molar-refractivity contribution in [2.75, 3.05) is 17.3 Å². The van der Waals surface area contributed by atoms with Crippen LogP contribution < -0.4 is 4.90 Å². The van der Waals surface area contributed by atoms with Crippen LogP contribution in [0.3, 0.4) is 0 Å². The van der Waals surface area contributed by atoms with E-state index in [0.29, 0.717) is 0 Å². The average Bonchev–Trinajstić information content (AvgIpc) is 3.26. The Hall–Kier alpha value is -3.74. The Morgan fingerprint density at radius 3 is 2.05 bits per heavy atom. The van der Waals surface area contributed by atoms with Crippen molar-refractivity contribution in [1.82, 2.24) is 0 Å². The quantitative estimate of drug-likeness (QED) is 0.206. The summed E-state index contributed by atoms with van der Waals surface area (Å²) >= 11 is 0. The summed E-state index contributed by atoms with van der Waals surface area (Å²) in [5.74, 6) is -0.498. The van der Waals surface area contributed by atoms with Crippen LogP contribution in [0.1, 0.15) is 45.7 Å². The largest absolute Gasteiger partial charge is 0.327 e. The third-order valence-corrected chi connectivity index (χ3v) is 9.21. The van der Waals surface area contributed by atoms with E-state index in [4.69, 9.17) is 0 Å². The van der Waals surface area contributed by atoms with Gasteiger partial charge < -0.3 is 4.90 Å². The average molecular weight is 552 g/mol. The van der Waals surface area contributed by atoms with Crippen LogP contribution in [0.5, 0.6) is 0 Å². The first kappa shape index (κ1) is 26.5. The molecule has 204 valence electrons. The van der Waals surface area contributed by atoms with E-state index in [1.54, 1.807) is 4.90 Å². The zero-order valence-corrected chi connectivity index (χ0v) is 24.5. The highest BCUT2D eigenvalue weighted by Gasteiger charge is 2.45. The van der Waals surface area contributed by atoms with E-state index in [2.05, 4.69) is 93.8 Å². The highest BCUT2D eigenvalue weighted by Crippen LogP contribution is 2.51. The molecule has 0 spiro atoms. The molecule has 6 rings (SSSR count). The monoisotopic (exact) mass is 551 g/mol. The van der Waals surface area contributed by atoms with E-state index in [1.807, 2.05) is 36.4 Å². The minimum absolute atomic E-state index is 0.223. The Labute approximate surface area is 236 Å². The minimum atomic E-state index is -4.27. The van der Waals surface area contributed by atoms with E-state index >= 15 is 0 Å². The lowest BCUT2D eigenvalue weighted by molar-refractivity contribution is -0.433. The number of fused-ring (bicyclic) bond motifs is 6. The smallest absolute Gasteiger partial charge is 0.283 e. The number of rotatable bonds is 5. The molecule has 0 bridgehead atoms. The van der Waals surface area contributed by atoms with E-state index in [0.717, 1.165) is 34.3 Å². The molecule has 4 aromatic rings. The maximum atomic E-state index is 12.2. The third kappa shape index (κ3) is 4.01. The van der Waals surface area contributed by atoms with E-state index < -0.39 is 21.4 Å². The molecule has 0 saturated carbocycles. The van der Waals surface area contributed by atoms with Gasteiger partial charge in [-0.15, -0.1) is 0 Å². The molecule has 2 heterocycles. The maximum Gasteiger partial charge on any atom is 0.283 e. The fraction of sp³-hybridized carbons (Fsp3) is 0.265. The molecule has 40 heavy (non-hydrogen) atoms. The summed E-state index contributed by atoms with van der Waals surface area (Å²) < 4.78 is 36.6. The number of hydrogen-bond donors (Lipinski definition) is 1. The van der Waals surface area contributed by atoms with Gasteiger partial charge in [0.1, 0.15) is 6.54 Å². The lowest BCUT2D eigenvalue weighted by Gasteiger charge is -2.26. The maximum absolute atomic E-state index is 12.2. The molecule has 0 atom stereocenters. The summed E-state index contributed by atoms with van der Waals surface area (Å²) in [4.78, 5) is 1.74. The predicted octanol–water partition coefficient (Wildman–Crippen LogP) is 7.47. The molecule has 6 heteroatoms. The lowest BCUT2D eigenvalue weighted by Crippen LogP contribution is -2.30. The molecule has 0 unspecified atom stereocenters. The minimum Gasteiger partial charge on any atom is -0.327 e. The molecule has 0 aromatic heterocycles. The van der Waals surface area contributed by atoms with Crippen molar-refractivity contribution < 1.29 is 17.5 Å². The summed E-state index contributed by atoms with van der Waals surface area (Å²) in [6.07, 6.45) is 6.21. The van der Waals surface area contributed by atoms with Crippen LogP contribution in [0.4, 0.5) is 11.4 Å². The molecule has 0 saturated heterocycles. The number of nitrogens with zero attached hydrogens (tertiary/aromatic N) is 2. The second kappa shape index (κ2) is 9.15. The van der Waals surface area contributed by atoms with Crippen LogP contribution in [0, 0.1) is 0 Å². The van der Waals surface area contributed by atoms with Gasteiger partial charge >= 0.3 is 0 Å². The molecular weight excluding hydrogens is 516 g/mol. The van der Waals surface area contributed by atoms with Gasteiger partial charge in [0.05, 0.1) is 5.41 Å². The van der Waals surface area contributed by atoms with Crippen molar-refractivity contribution in [3.05, 3.63) is 108 Å². The summed E-state index contributed by atoms with van der Waals surface area (Å²) in [5.41, 5.74) is 5.75. The second-order valence-electron chi connectivity index (χ2n) is 11.8. The van der Waals surface area contributed by atoms with Gasteiger partial charge in [-0.05, 0) is 66.1 Å². The van der Waals surface area contributed by atoms with Gasteiger partial charge in [0, 0.05) is 34.5 Å². The number of anilines is 1. The van der Waals surface area contributed by atoms with Gasteiger partial charge in [-0.2, -0.15) is 13.0 Å². The Morgan fingerprint density at radius 1 is 0.825 bits per heavy atom. The van der Waals surface area contributed by atoms with Gasteiger partial charge in [-0.25, -0.2) is 0 Å². The van der Waals surface area contributed by atoms with Gasteiger partial charge in [0.15, 0.2) is 11.6 Å². The SMILES string of the molecule is CC[N+]1=C(/C=C/C=C2\N(CS(=O)(=O)O)c3ccc4ccccc4c3C2(C)C)C(C)(C)c2c1ccc1ccccc21. The van der Waals surface area contributed by atoms with Gasteiger partial charge in [0.25, 0.3) is 10.1 Å². The zero-order chi connectivity index (χ0) is 28.4. The van der Waals surface area contributed by atoms with Crippen LogP contribution in [-0.4, -0.2) is 35.7 Å². The molecular formula is C34H35N2O3S+. The highest BCUT2D eigenvalue weighted by atomic mass is 32.2. The first-order valence-corrected chi connectivity index (χ1v) is 15.4. The summed E-state index contributed by atoms with van der Waals surface area (Å²) in [7, 11) is -4.27. The normalized spacial score (nSPS) is 18.9. The van der Waals surface area contributed by atoms with Gasteiger partial charge in [0.2, 0.25) is 5.69 Å². The molecule has 2 aliphatic rings. The molecule has 0 amide bonds. The van der Waals surface area contributed by atoms with E-state index in [9.17, 15) is 13.0 Å². The Balaban J connectivity index is 1.48. The van der Waals surface area contributed by atoms with Gasteiger partial charge in [-0.1, -0.05) is 74.5 Å². The summed E-state index contributed by atoms with van der Waals surface area (Å²) in [6.45, 7) is 11.8. The Morgan fingerprint density at radius 2 is 1.43 bits per heavy atom. The van der Waals surface area contributed by atoms with Crippen LogP contribution in [0.15, 0.2) is 96.7 Å². The van der Waals surface area contributed by atoms with Crippen molar-refractivity contribution in [2.45, 2.75) is 45.4 Å². The number of allylic oxidation sites excluding steroid dienone is 4. The number of hydrogen-bond acceptors (Lipinski definition) is 3. The molecule has 5 nitrogen and oxygen atoms in total. The summed E-state index contributed by atoms with van der Waals surface area (Å²) in [6, 6.07) is 25.1. The van der Waals surface area contributed by atoms with Crippen molar-refractivity contribution >= 4 is 48.7 Å². The first-order chi connectivity index (χ1) is 18.9. The fourth-order valence-corrected chi connectivity index (χ4v) is 7.55. The number of benzene rings is 4. The Bertz CT molecular complexity index is 1900. The van der Waals surface area contributed by atoms with Crippen LogP contribution in [0.25, 0.3) is 21.5 Å². The zero-order valence-electron chi connectivity index (χ0n) is 23.6. The van der Waals surface area contributed by atoms with Crippen LogP contribution in [-0.2, 0) is 20.9 Å². The fourth-order valence-electron chi connectivity index (χ4n) is 6.94. The predicted molar refractivity (Wildman–Crippen MR) is 166 cm³/mol. The first-order valence-electron chi connectivity index (χ1n) is 13.8. The van der Waals surface area contributed by atoms with E-state index in [1.165, 1.54) is 27.7 Å². The standard InChI is InChI=1S/C34H34N2O3S/c1-6-35-27-20-18-23-12-7-9-14-25(23)31(27)33(2,3)29(35)16-11-17-30-34(4,5)32-26-15-10-8-13-24(26)19-21-28(32)36(30)22-40(37,38)39/h7-21H,6,22H2,1-5H3/p+1. The second-order valence-corrected chi connectivity index (χ2v) is 13.2.